The minimum absolute atomic E-state index is 0.200. The molecule has 0 radical (unpaired) electrons. The summed E-state index contributed by atoms with van der Waals surface area (Å²) in [5, 5.41) is 8.82. The van der Waals surface area contributed by atoms with Crippen molar-refractivity contribution in [2.45, 2.75) is 24.7 Å². The summed E-state index contributed by atoms with van der Waals surface area (Å²) in [7, 11) is 0. The van der Waals surface area contributed by atoms with Crippen molar-refractivity contribution in [1.29, 1.82) is 0 Å². The van der Waals surface area contributed by atoms with E-state index in [0.717, 1.165) is 23.5 Å². The van der Waals surface area contributed by atoms with Gasteiger partial charge in [-0.1, -0.05) is 12.1 Å². The van der Waals surface area contributed by atoms with E-state index in [1.807, 2.05) is 12.1 Å². The summed E-state index contributed by atoms with van der Waals surface area (Å²) < 4.78 is 13.3. The van der Waals surface area contributed by atoms with Crippen LogP contribution in [0.25, 0.3) is 11.3 Å². The smallest absolute Gasteiger partial charge is 0.123 e. The van der Waals surface area contributed by atoms with E-state index in [1.165, 1.54) is 44.5 Å². The van der Waals surface area contributed by atoms with Gasteiger partial charge in [0.15, 0.2) is 0 Å². The minimum atomic E-state index is -0.240. The Labute approximate surface area is 123 Å². The van der Waals surface area contributed by atoms with E-state index in [9.17, 15) is 4.39 Å². The summed E-state index contributed by atoms with van der Waals surface area (Å²) in [4.78, 5) is 2.52. The van der Waals surface area contributed by atoms with Gasteiger partial charge in [-0.3, -0.25) is 0 Å². The van der Waals surface area contributed by atoms with Gasteiger partial charge in [0.1, 0.15) is 5.82 Å². The molecule has 0 aliphatic carbocycles. The third-order valence-corrected chi connectivity index (χ3v) is 4.89. The van der Waals surface area contributed by atoms with Gasteiger partial charge in [0.2, 0.25) is 0 Å². The monoisotopic (exact) mass is 283 g/mol. The van der Waals surface area contributed by atoms with Crippen LogP contribution in [-0.2, 0) is 5.41 Å². The topological polar surface area (TPSA) is 29.0 Å². The minimum Gasteiger partial charge on any atom is -0.302 e. The Balaban J connectivity index is 1.65. The highest BCUT2D eigenvalue weighted by Gasteiger charge is 2.43. The van der Waals surface area contributed by atoms with Gasteiger partial charge in [0.25, 0.3) is 0 Å². The molecule has 3 nitrogen and oxygen atoms in total. The maximum absolute atomic E-state index is 13.3. The molecule has 0 saturated carbocycles. The Morgan fingerprint density at radius 1 is 1.05 bits per heavy atom. The number of benzene rings is 1. The zero-order chi connectivity index (χ0) is 14.3. The largest absolute Gasteiger partial charge is 0.302 e. The third kappa shape index (κ3) is 2.23. The Kier molecular flexibility index (Phi) is 3.00. The first-order chi connectivity index (χ1) is 10.3. The van der Waals surface area contributed by atoms with Crippen LogP contribution in [0.4, 0.5) is 4.39 Å². The third-order valence-electron chi connectivity index (χ3n) is 4.89. The average Bonchev–Trinajstić information content (AvgIpc) is 2.83. The van der Waals surface area contributed by atoms with Gasteiger partial charge >= 0.3 is 0 Å². The lowest BCUT2D eigenvalue weighted by molar-refractivity contribution is 0.239. The second-order valence-electron chi connectivity index (χ2n) is 6.22. The van der Waals surface area contributed by atoms with Gasteiger partial charge in [-0.15, -0.1) is 0 Å². The zero-order valence-corrected chi connectivity index (χ0v) is 11.9. The van der Waals surface area contributed by atoms with Crippen molar-refractivity contribution in [2.24, 2.45) is 0 Å². The first-order valence-electron chi connectivity index (χ1n) is 7.58. The van der Waals surface area contributed by atoms with Gasteiger partial charge in [0.05, 0.1) is 11.4 Å². The predicted molar refractivity (Wildman–Crippen MR) is 79.4 cm³/mol. The Morgan fingerprint density at radius 2 is 2.00 bits per heavy atom. The molecule has 108 valence electrons. The second-order valence-corrected chi connectivity index (χ2v) is 6.22. The quantitative estimate of drug-likeness (QED) is 0.848. The van der Waals surface area contributed by atoms with E-state index >= 15 is 0 Å². The Morgan fingerprint density at radius 3 is 2.81 bits per heavy atom. The van der Waals surface area contributed by atoms with E-state index < -0.39 is 0 Å². The van der Waals surface area contributed by atoms with Gasteiger partial charge in [-0.25, -0.2) is 4.39 Å². The molecule has 2 saturated heterocycles. The van der Waals surface area contributed by atoms with Crippen LogP contribution in [0.2, 0.25) is 0 Å². The molecular formula is C17H18FN3. The molecule has 1 aromatic carbocycles. The number of aromatic nitrogens is 2. The van der Waals surface area contributed by atoms with E-state index in [0.29, 0.717) is 0 Å². The highest BCUT2D eigenvalue weighted by atomic mass is 19.1. The van der Waals surface area contributed by atoms with Crippen molar-refractivity contribution in [1.82, 2.24) is 15.1 Å². The lowest BCUT2D eigenvalue weighted by Crippen LogP contribution is -2.37. The molecule has 2 fully saturated rings. The van der Waals surface area contributed by atoms with E-state index in [-0.39, 0.29) is 11.2 Å². The van der Waals surface area contributed by atoms with Crippen molar-refractivity contribution in [3.05, 3.63) is 47.9 Å². The van der Waals surface area contributed by atoms with Crippen molar-refractivity contribution in [2.75, 3.05) is 19.6 Å². The maximum Gasteiger partial charge on any atom is 0.123 e. The molecule has 0 spiro atoms. The SMILES string of the molecule is Fc1cccc(-c2ccc([C@@]34CCCN(CC3)C4)nn2)c1. The van der Waals surface area contributed by atoms with Crippen LogP contribution in [0, 0.1) is 5.82 Å². The standard InChI is InChI=1S/C17H18FN3/c18-14-4-1-3-13(11-14)15-5-6-16(20-19-15)17-7-2-9-21(12-17)10-8-17/h1,3-6,11H,2,7-10,12H2/t17-/m0/s1. The van der Waals surface area contributed by atoms with E-state index in [4.69, 9.17) is 0 Å². The summed E-state index contributed by atoms with van der Waals surface area (Å²) in [5.74, 6) is -0.240. The molecule has 0 N–H and O–H groups in total. The summed E-state index contributed by atoms with van der Waals surface area (Å²) in [6.07, 6.45) is 3.63. The summed E-state index contributed by atoms with van der Waals surface area (Å²) in [6, 6.07) is 10.6. The van der Waals surface area contributed by atoms with Gasteiger partial charge in [0, 0.05) is 17.5 Å². The number of fused-ring (bicyclic) bond motifs is 2. The molecule has 0 amide bonds. The average molecular weight is 283 g/mol. The van der Waals surface area contributed by atoms with Crippen LogP contribution in [0.15, 0.2) is 36.4 Å². The predicted octanol–water partition coefficient (Wildman–Crippen LogP) is 3.02. The summed E-state index contributed by atoms with van der Waals surface area (Å²) in [6.45, 7) is 3.50. The van der Waals surface area contributed by atoms with Crippen LogP contribution >= 0.6 is 0 Å². The zero-order valence-electron chi connectivity index (χ0n) is 11.9. The Hall–Kier alpha value is -1.81. The van der Waals surface area contributed by atoms with Gasteiger partial charge in [-0.05, 0) is 56.6 Å². The van der Waals surface area contributed by atoms with Crippen molar-refractivity contribution < 1.29 is 4.39 Å². The molecule has 2 atom stereocenters. The molecule has 2 aromatic rings. The molecule has 3 heterocycles. The number of hydrogen-bond acceptors (Lipinski definition) is 3. The number of rotatable bonds is 2. The number of piperidine rings is 1. The normalized spacial score (nSPS) is 27.8. The van der Waals surface area contributed by atoms with Crippen LogP contribution in [0.1, 0.15) is 25.0 Å². The molecular weight excluding hydrogens is 265 g/mol. The number of halogens is 1. The maximum atomic E-state index is 13.3. The van der Waals surface area contributed by atoms with Crippen molar-refractivity contribution >= 4 is 0 Å². The van der Waals surface area contributed by atoms with Crippen molar-refractivity contribution in [3.8, 4) is 11.3 Å². The fraction of sp³-hybridized carbons (Fsp3) is 0.412. The highest BCUT2D eigenvalue weighted by molar-refractivity contribution is 5.58. The molecule has 1 unspecified atom stereocenters. The number of nitrogens with zero attached hydrogens (tertiary/aromatic N) is 3. The van der Waals surface area contributed by atoms with Gasteiger partial charge < -0.3 is 4.90 Å². The fourth-order valence-corrected chi connectivity index (χ4v) is 3.75. The van der Waals surface area contributed by atoms with Crippen LogP contribution < -0.4 is 0 Å². The summed E-state index contributed by atoms with van der Waals surface area (Å²) >= 11 is 0. The highest BCUT2D eigenvalue weighted by Crippen LogP contribution is 2.41. The first kappa shape index (κ1) is 12.9. The Bertz CT molecular complexity index is 651. The van der Waals surface area contributed by atoms with Crippen LogP contribution in [0.3, 0.4) is 0 Å². The van der Waals surface area contributed by atoms with E-state index in [1.54, 1.807) is 6.07 Å². The molecule has 1 aromatic heterocycles. The van der Waals surface area contributed by atoms with Crippen molar-refractivity contribution in [3.63, 3.8) is 0 Å². The molecule has 2 aliphatic rings. The molecule has 4 heteroatoms. The van der Waals surface area contributed by atoms with Gasteiger partial charge in [-0.2, -0.15) is 10.2 Å². The summed E-state index contributed by atoms with van der Waals surface area (Å²) in [5.41, 5.74) is 2.82. The lowest BCUT2D eigenvalue weighted by Gasteiger charge is -2.33. The molecule has 21 heavy (non-hydrogen) atoms. The lowest BCUT2D eigenvalue weighted by atomic mass is 9.78. The van der Waals surface area contributed by atoms with Crippen LogP contribution in [0.5, 0.6) is 0 Å². The second kappa shape index (κ2) is 4.88. The molecule has 4 rings (SSSR count). The van der Waals surface area contributed by atoms with Crippen LogP contribution in [-0.4, -0.2) is 34.7 Å². The fourth-order valence-electron chi connectivity index (χ4n) is 3.75. The molecule has 2 bridgehead atoms. The van der Waals surface area contributed by atoms with E-state index in [2.05, 4.69) is 21.2 Å². The molecule has 2 aliphatic heterocycles. The first-order valence-corrected chi connectivity index (χ1v) is 7.58. The number of hydrogen-bond donors (Lipinski definition) is 0.